The second kappa shape index (κ2) is 6.31. The highest BCUT2D eigenvalue weighted by molar-refractivity contribution is 6.31. The molecule has 0 spiro atoms. The molecule has 0 aliphatic heterocycles. The maximum absolute atomic E-state index is 14.7. The van der Waals surface area contributed by atoms with Crippen molar-refractivity contribution in [2.45, 2.75) is 50.6 Å². The summed E-state index contributed by atoms with van der Waals surface area (Å²) in [4.78, 5) is 17.0. The van der Waals surface area contributed by atoms with Crippen molar-refractivity contribution in [1.82, 2.24) is 9.55 Å². The van der Waals surface area contributed by atoms with Gasteiger partial charge in [-0.1, -0.05) is 23.7 Å². The number of benzene rings is 2. The Balaban J connectivity index is 1.60. The van der Waals surface area contributed by atoms with Crippen LogP contribution in [0.5, 0.6) is 0 Å². The van der Waals surface area contributed by atoms with E-state index in [2.05, 4.69) is 16.4 Å². The summed E-state index contributed by atoms with van der Waals surface area (Å²) in [5.41, 5.74) is 2.46. The molecule has 1 heterocycles. The molecule has 1 N–H and O–H groups in total. The van der Waals surface area contributed by atoms with Crippen molar-refractivity contribution < 1.29 is 4.39 Å². The van der Waals surface area contributed by atoms with Crippen LogP contribution in [0.1, 0.15) is 49.3 Å². The van der Waals surface area contributed by atoms with E-state index in [9.17, 15) is 9.18 Å². The molecule has 5 rings (SSSR count). The predicted molar refractivity (Wildman–Crippen MR) is 110 cm³/mol. The van der Waals surface area contributed by atoms with Crippen molar-refractivity contribution in [3.05, 3.63) is 69.0 Å². The normalized spacial score (nSPS) is 18.1. The zero-order valence-electron chi connectivity index (χ0n) is 15.6. The predicted octanol–water partition coefficient (Wildman–Crippen LogP) is 5.32. The summed E-state index contributed by atoms with van der Waals surface area (Å²) in [5.74, 6) is -0.475. The zero-order valence-corrected chi connectivity index (χ0v) is 16.4. The van der Waals surface area contributed by atoms with Gasteiger partial charge in [0.2, 0.25) is 0 Å². The van der Waals surface area contributed by atoms with Gasteiger partial charge in [-0.15, -0.1) is 0 Å². The highest BCUT2D eigenvalue weighted by Crippen LogP contribution is 2.46. The largest absolute Gasteiger partial charge is 0.375 e. The molecule has 0 unspecified atom stereocenters. The van der Waals surface area contributed by atoms with Gasteiger partial charge >= 0.3 is 0 Å². The van der Waals surface area contributed by atoms with Crippen LogP contribution in [-0.2, 0) is 5.54 Å². The molecule has 1 aromatic heterocycles. The Morgan fingerprint density at radius 2 is 2.07 bits per heavy atom. The van der Waals surface area contributed by atoms with Gasteiger partial charge in [0.25, 0.3) is 5.56 Å². The Bertz CT molecular complexity index is 1150. The summed E-state index contributed by atoms with van der Waals surface area (Å²) >= 11 is 6.34. The number of halogens is 2. The number of rotatable bonds is 4. The number of aromatic nitrogens is 2. The van der Waals surface area contributed by atoms with Crippen molar-refractivity contribution in [3.8, 4) is 0 Å². The molecule has 4 nitrogen and oxygen atoms in total. The Hall–Kier alpha value is -2.40. The molecule has 2 fully saturated rings. The summed E-state index contributed by atoms with van der Waals surface area (Å²) in [6.45, 7) is 2.01. The Kier molecular flexibility index (Phi) is 3.98. The van der Waals surface area contributed by atoms with Crippen LogP contribution in [0.15, 0.2) is 41.5 Å². The average molecular weight is 398 g/mol. The molecule has 28 heavy (non-hydrogen) atoms. The van der Waals surface area contributed by atoms with Crippen LogP contribution in [0.25, 0.3) is 10.9 Å². The molecular weight excluding hydrogens is 377 g/mol. The van der Waals surface area contributed by atoms with Gasteiger partial charge in [-0.25, -0.2) is 9.37 Å². The van der Waals surface area contributed by atoms with E-state index in [1.807, 2.05) is 19.1 Å². The molecule has 2 saturated carbocycles. The van der Waals surface area contributed by atoms with Crippen LogP contribution in [0.4, 0.5) is 10.1 Å². The maximum Gasteiger partial charge on any atom is 0.261 e. The van der Waals surface area contributed by atoms with E-state index in [4.69, 9.17) is 11.6 Å². The molecule has 0 amide bonds. The lowest BCUT2D eigenvalue weighted by Gasteiger charge is -2.45. The van der Waals surface area contributed by atoms with E-state index in [0.717, 1.165) is 48.3 Å². The number of anilines is 1. The summed E-state index contributed by atoms with van der Waals surface area (Å²) in [6.07, 6.45) is 6.39. The molecular formula is C22H21ClFN3O. The van der Waals surface area contributed by atoms with Crippen LogP contribution < -0.4 is 10.9 Å². The molecule has 0 radical (unpaired) electrons. The van der Waals surface area contributed by atoms with E-state index in [0.29, 0.717) is 11.1 Å². The minimum Gasteiger partial charge on any atom is -0.375 e. The summed E-state index contributed by atoms with van der Waals surface area (Å²) < 4.78 is 16.4. The van der Waals surface area contributed by atoms with E-state index < -0.39 is 5.82 Å². The number of hydrogen-bond acceptors (Lipinski definition) is 3. The Labute approximate surface area is 167 Å². The maximum atomic E-state index is 14.7. The third kappa shape index (κ3) is 2.72. The molecule has 2 aromatic carbocycles. The highest BCUT2D eigenvalue weighted by atomic mass is 35.5. The third-order valence-corrected chi connectivity index (χ3v) is 6.56. The zero-order chi connectivity index (χ0) is 19.5. The average Bonchev–Trinajstić information content (AvgIpc) is 3.47. The van der Waals surface area contributed by atoms with E-state index in [-0.39, 0.29) is 22.7 Å². The SMILES string of the molecule is Cc1c(Cl)cccc1C1(Nc2cc(F)c3ncn(C4CC4)c(=O)c3c2)CCC1. The molecule has 0 atom stereocenters. The second-order valence-corrected chi connectivity index (χ2v) is 8.42. The van der Waals surface area contributed by atoms with Crippen LogP contribution in [0.2, 0.25) is 5.02 Å². The number of fused-ring (bicyclic) bond motifs is 1. The number of hydrogen-bond donors (Lipinski definition) is 1. The summed E-state index contributed by atoms with van der Waals surface area (Å²) in [7, 11) is 0. The fourth-order valence-corrected chi connectivity index (χ4v) is 4.46. The number of nitrogens with one attached hydrogen (secondary N) is 1. The smallest absolute Gasteiger partial charge is 0.261 e. The van der Waals surface area contributed by atoms with Gasteiger partial charge in [-0.2, -0.15) is 0 Å². The van der Waals surface area contributed by atoms with Crippen LogP contribution >= 0.6 is 11.6 Å². The fourth-order valence-electron chi connectivity index (χ4n) is 4.28. The molecule has 3 aromatic rings. The van der Waals surface area contributed by atoms with Gasteiger partial charge in [0.15, 0.2) is 5.82 Å². The lowest BCUT2D eigenvalue weighted by atomic mass is 9.70. The van der Waals surface area contributed by atoms with Crippen LogP contribution in [0, 0.1) is 12.7 Å². The van der Waals surface area contributed by atoms with Gasteiger partial charge in [0, 0.05) is 16.8 Å². The van der Waals surface area contributed by atoms with E-state index >= 15 is 0 Å². The lowest BCUT2D eigenvalue weighted by Crippen LogP contribution is -2.42. The fraction of sp³-hybridized carbons (Fsp3) is 0.364. The van der Waals surface area contributed by atoms with Crippen molar-refractivity contribution in [3.63, 3.8) is 0 Å². The Morgan fingerprint density at radius 1 is 1.29 bits per heavy atom. The van der Waals surface area contributed by atoms with Crippen molar-refractivity contribution in [1.29, 1.82) is 0 Å². The van der Waals surface area contributed by atoms with Gasteiger partial charge in [-0.3, -0.25) is 9.36 Å². The minimum atomic E-state index is -0.475. The van der Waals surface area contributed by atoms with E-state index in [1.165, 1.54) is 12.4 Å². The van der Waals surface area contributed by atoms with Gasteiger partial charge in [0.1, 0.15) is 5.52 Å². The van der Waals surface area contributed by atoms with Crippen LogP contribution in [0.3, 0.4) is 0 Å². The topological polar surface area (TPSA) is 46.9 Å². The van der Waals surface area contributed by atoms with Gasteiger partial charge < -0.3 is 5.32 Å². The number of nitrogens with zero attached hydrogens (tertiary/aromatic N) is 2. The first-order chi connectivity index (χ1) is 13.5. The molecule has 2 aliphatic carbocycles. The van der Waals surface area contributed by atoms with Gasteiger partial charge in [0.05, 0.1) is 17.3 Å². The summed E-state index contributed by atoms with van der Waals surface area (Å²) in [5, 5.41) is 4.58. The summed E-state index contributed by atoms with van der Waals surface area (Å²) in [6, 6.07) is 9.30. The van der Waals surface area contributed by atoms with Gasteiger partial charge in [-0.05, 0) is 68.4 Å². The van der Waals surface area contributed by atoms with Crippen molar-refractivity contribution >= 4 is 28.2 Å². The molecule has 0 bridgehead atoms. The molecule has 6 heteroatoms. The standard InChI is InChI=1S/C22H21ClFN3O/c1-13-17(4-2-5-18(13)23)22(8-3-9-22)26-14-10-16-20(19(24)11-14)25-12-27(21(16)28)15-6-7-15/h2,4-5,10-12,15,26H,3,6-9H2,1H3. The lowest BCUT2D eigenvalue weighted by molar-refractivity contribution is 0.283. The Morgan fingerprint density at radius 3 is 2.75 bits per heavy atom. The first-order valence-corrected chi connectivity index (χ1v) is 10.1. The first-order valence-electron chi connectivity index (χ1n) is 9.73. The third-order valence-electron chi connectivity index (χ3n) is 6.15. The quantitative estimate of drug-likeness (QED) is 0.647. The van der Waals surface area contributed by atoms with E-state index in [1.54, 1.807) is 10.6 Å². The van der Waals surface area contributed by atoms with Crippen molar-refractivity contribution in [2.24, 2.45) is 0 Å². The molecule has 0 saturated heterocycles. The van der Waals surface area contributed by atoms with Crippen LogP contribution in [-0.4, -0.2) is 9.55 Å². The minimum absolute atomic E-state index is 0.133. The monoisotopic (exact) mass is 397 g/mol. The molecule has 2 aliphatic rings. The first kappa shape index (κ1) is 17.7. The highest BCUT2D eigenvalue weighted by Gasteiger charge is 2.40. The molecule has 144 valence electrons. The second-order valence-electron chi connectivity index (χ2n) is 8.02. The van der Waals surface area contributed by atoms with Crippen molar-refractivity contribution in [2.75, 3.05) is 5.32 Å².